The maximum atomic E-state index is 4.22. The Hall–Kier alpha value is -1.75. The number of nitrogens with zero attached hydrogens (tertiary/aromatic N) is 4. The zero-order valence-corrected chi connectivity index (χ0v) is 7.98. The first-order valence-electron chi connectivity index (χ1n) is 4.13. The van der Waals surface area contributed by atoms with E-state index in [4.69, 9.17) is 0 Å². The molecular formula is C9H6N4S. The number of hydrogen-bond acceptors (Lipinski definition) is 4. The van der Waals surface area contributed by atoms with Crippen molar-refractivity contribution >= 4 is 21.6 Å². The Balaban J connectivity index is 2.36. The van der Waals surface area contributed by atoms with Crippen LogP contribution in [0.1, 0.15) is 0 Å². The van der Waals surface area contributed by atoms with E-state index in [2.05, 4.69) is 15.1 Å². The molecule has 3 heterocycles. The summed E-state index contributed by atoms with van der Waals surface area (Å²) < 4.78 is 1.75. The van der Waals surface area contributed by atoms with E-state index in [1.54, 1.807) is 28.5 Å². The molecule has 0 unspecified atom stereocenters. The van der Waals surface area contributed by atoms with Gasteiger partial charge in [-0.2, -0.15) is 5.10 Å². The Kier molecular flexibility index (Phi) is 1.57. The summed E-state index contributed by atoms with van der Waals surface area (Å²) in [5.74, 6) is 0.834. The maximum Gasteiger partial charge on any atom is 0.165 e. The minimum Gasteiger partial charge on any atom is -0.225 e. The lowest BCUT2D eigenvalue weighted by atomic mass is 10.4. The van der Waals surface area contributed by atoms with Gasteiger partial charge in [0.05, 0.1) is 5.39 Å². The minimum atomic E-state index is 0.834. The molecule has 0 N–H and O–H groups in total. The van der Waals surface area contributed by atoms with Crippen LogP contribution in [0.5, 0.6) is 0 Å². The van der Waals surface area contributed by atoms with Gasteiger partial charge in [-0.05, 0) is 17.5 Å². The Labute approximate surface area is 83.9 Å². The molecule has 0 amide bonds. The molecule has 0 spiro atoms. The quantitative estimate of drug-likeness (QED) is 0.605. The lowest BCUT2D eigenvalue weighted by Gasteiger charge is -1.99. The van der Waals surface area contributed by atoms with Gasteiger partial charge in [0.2, 0.25) is 0 Å². The van der Waals surface area contributed by atoms with E-state index in [-0.39, 0.29) is 0 Å². The van der Waals surface area contributed by atoms with E-state index < -0.39 is 0 Å². The van der Waals surface area contributed by atoms with Crippen LogP contribution >= 0.6 is 11.3 Å². The second-order valence-corrected chi connectivity index (χ2v) is 3.68. The molecular weight excluding hydrogens is 196 g/mol. The molecule has 3 rings (SSSR count). The molecule has 5 heteroatoms. The van der Waals surface area contributed by atoms with Gasteiger partial charge in [0, 0.05) is 12.4 Å². The molecule has 14 heavy (non-hydrogen) atoms. The second kappa shape index (κ2) is 2.88. The van der Waals surface area contributed by atoms with Gasteiger partial charge in [-0.3, -0.25) is 0 Å². The molecule has 0 aliphatic rings. The van der Waals surface area contributed by atoms with Crippen LogP contribution < -0.4 is 0 Å². The predicted octanol–water partition coefficient (Wildman–Crippen LogP) is 1.88. The monoisotopic (exact) mass is 202 g/mol. The highest BCUT2D eigenvalue weighted by molar-refractivity contribution is 7.16. The summed E-state index contributed by atoms with van der Waals surface area (Å²) in [6, 6.07) is 3.89. The fraction of sp³-hybridized carbons (Fsp3) is 0. The Morgan fingerprint density at radius 1 is 1.29 bits per heavy atom. The van der Waals surface area contributed by atoms with Crippen LogP contribution in [0, 0.1) is 0 Å². The van der Waals surface area contributed by atoms with E-state index >= 15 is 0 Å². The van der Waals surface area contributed by atoms with Crippen molar-refractivity contribution in [2.24, 2.45) is 0 Å². The summed E-state index contributed by atoms with van der Waals surface area (Å²) in [4.78, 5) is 9.39. The van der Waals surface area contributed by atoms with E-state index in [1.165, 1.54) is 0 Å². The first-order chi connectivity index (χ1) is 6.95. The minimum absolute atomic E-state index is 0.834. The van der Waals surface area contributed by atoms with Crippen LogP contribution in [0.25, 0.3) is 16.0 Å². The SMILES string of the molecule is c1cnn(-c2ncnc3sccc23)c1. The van der Waals surface area contributed by atoms with Crippen LogP contribution in [-0.2, 0) is 0 Å². The van der Waals surface area contributed by atoms with Crippen LogP contribution in [0.15, 0.2) is 36.2 Å². The van der Waals surface area contributed by atoms with Crippen LogP contribution in [0.2, 0.25) is 0 Å². The fourth-order valence-electron chi connectivity index (χ4n) is 1.35. The van der Waals surface area contributed by atoms with Crippen molar-refractivity contribution in [1.29, 1.82) is 0 Å². The molecule has 0 saturated carbocycles. The van der Waals surface area contributed by atoms with Gasteiger partial charge in [0.1, 0.15) is 11.2 Å². The fourth-order valence-corrected chi connectivity index (χ4v) is 2.08. The largest absolute Gasteiger partial charge is 0.225 e. The lowest BCUT2D eigenvalue weighted by Crippen LogP contribution is -1.98. The highest BCUT2D eigenvalue weighted by Gasteiger charge is 2.05. The first-order valence-corrected chi connectivity index (χ1v) is 5.01. The molecule has 0 saturated heterocycles. The van der Waals surface area contributed by atoms with Crippen molar-refractivity contribution in [3.63, 3.8) is 0 Å². The summed E-state index contributed by atoms with van der Waals surface area (Å²) in [5, 5.41) is 7.20. The molecule has 0 atom stereocenters. The van der Waals surface area contributed by atoms with E-state index in [9.17, 15) is 0 Å². The molecule has 0 radical (unpaired) electrons. The Morgan fingerprint density at radius 3 is 3.14 bits per heavy atom. The summed E-state index contributed by atoms with van der Waals surface area (Å²) in [7, 11) is 0. The van der Waals surface area contributed by atoms with Crippen LogP contribution in [0.4, 0.5) is 0 Å². The van der Waals surface area contributed by atoms with Crippen molar-refractivity contribution in [2.45, 2.75) is 0 Å². The van der Waals surface area contributed by atoms with Crippen LogP contribution in [0.3, 0.4) is 0 Å². The molecule has 3 aromatic rings. The summed E-state index contributed by atoms with van der Waals surface area (Å²) in [6.45, 7) is 0. The number of aromatic nitrogens is 4. The van der Waals surface area contributed by atoms with Crippen molar-refractivity contribution in [3.05, 3.63) is 36.2 Å². The van der Waals surface area contributed by atoms with Gasteiger partial charge in [0.15, 0.2) is 5.82 Å². The van der Waals surface area contributed by atoms with E-state index in [0.29, 0.717) is 0 Å². The summed E-state index contributed by atoms with van der Waals surface area (Å²) in [5.41, 5.74) is 0. The molecule has 3 aromatic heterocycles. The standard InChI is InChI=1S/C9H6N4S/c1-3-12-13(4-1)8-7-2-5-14-9(7)11-6-10-8/h1-6H. The Bertz CT molecular complexity index is 555. The smallest absolute Gasteiger partial charge is 0.165 e. The molecule has 0 fully saturated rings. The van der Waals surface area contributed by atoms with Gasteiger partial charge < -0.3 is 0 Å². The molecule has 0 aliphatic heterocycles. The topological polar surface area (TPSA) is 43.6 Å². The van der Waals surface area contributed by atoms with Crippen molar-refractivity contribution in [1.82, 2.24) is 19.7 Å². The zero-order valence-electron chi connectivity index (χ0n) is 7.16. The summed E-state index contributed by atoms with van der Waals surface area (Å²) in [6.07, 6.45) is 5.18. The highest BCUT2D eigenvalue weighted by Crippen LogP contribution is 2.22. The third-order valence-corrected chi connectivity index (χ3v) is 2.78. The van der Waals surface area contributed by atoms with Crippen LogP contribution in [-0.4, -0.2) is 19.7 Å². The molecule has 0 aromatic carbocycles. The number of thiophene rings is 1. The van der Waals surface area contributed by atoms with E-state index in [0.717, 1.165) is 16.0 Å². The Morgan fingerprint density at radius 2 is 2.29 bits per heavy atom. The maximum absolute atomic E-state index is 4.22. The zero-order chi connectivity index (χ0) is 9.38. The second-order valence-electron chi connectivity index (χ2n) is 2.79. The van der Waals surface area contributed by atoms with Gasteiger partial charge in [-0.25, -0.2) is 14.6 Å². The molecule has 0 aliphatic carbocycles. The predicted molar refractivity (Wildman–Crippen MR) is 54.5 cm³/mol. The average molecular weight is 202 g/mol. The van der Waals surface area contributed by atoms with Gasteiger partial charge >= 0.3 is 0 Å². The van der Waals surface area contributed by atoms with Crippen molar-refractivity contribution < 1.29 is 0 Å². The third kappa shape index (κ3) is 1.03. The molecule has 68 valence electrons. The van der Waals surface area contributed by atoms with Crippen molar-refractivity contribution in [3.8, 4) is 5.82 Å². The summed E-state index contributed by atoms with van der Waals surface area (Å²) >= 11 is 1.61. The van der Waals surface area contributed by atoms with Crippen molar-refractivity contribution in [2.75, 3.05) is 0 Å². The van der Waals surface area contributed by atoms with E-state index in [1.807, 2.05) is 23.7 Å². The third-order valence-electron chi connectivity index (χ3n) is 1.96. The first kappa shape index (κ1) is 7.64. The molecule has 0 bridgehead atoms. The van der Waals surface area contributed by atoms with Gasteiger partial charge in [-0.1, -0.05) is 0 Å². The normalized spacial score (nSPS) is 10.9. The number of rotatable bonds is 1. The van der Waals surface area contributed by atoms with Gasteiger partial charge in [-0.15, -0.1) is 11.3 Å². The van der Waals surface area contributed by atoms with Gasteiger partial charge in [0.25, 0.3) is 0 Å². The number of fused-ring (bicyclic) bond motifs is 1. The lowest BCUT2D eigenvalue weighted by molar-refractivity contribution is 0.851. The average Bonchev–Trinajstić information content (AvgIpc) is 2.88. The number of hydrogen-bond donors (Lipinski definition) is 0. The molecule has 4 nitrogen and oxygen atoms in total. The highest BCUT2D eigenvalue weighted by atomic mass is 32.1.